The van der Waals surface area contributed by atoms with Crippen LogP contribution in [0.15, 0.2) is 52.5 Å². The first-order chi connectivity index (χ1) is 9.11. The lowest BCUT2D eigenvalue weighted by atomic mass is 10.2. The van der Waals surface area contributed by atoms with E-state index in [9.17, 15) is 9.90 Å². The number of benzene rings is 1. The van der Waals surface area contributed by atoms with E-state index in [2.05, 4.69) is 5.16 Å². The molecule has 0 fully saturated rings. The molecule has 0 aliphatic heterocycles. The molecule has 0 spiro atoms. The Morgan fingerprint density at radius 1 is 1.32 bits per heavy atom. The maximum Gasteiger partial charge on any atom is 0.261 e. The van der Waals surface area contributed by atoms with E-state index in [1.54, 1.807) is 36.5 Å². The largest absolute Gasteiger partial charge is 0.508 e. The molecule has 1 heterocycles. The van der Waals surface area contributed by atoms with Crippen molar-refractivity contribution in [2.45, 2.75) is 6.54 Å². The number of rotatable bonds is 3. The van der Waals surface area contributed by atoms with Crippen LogP contribution in [0.25, 0.3) is 0 Å². The normalized spacial score (nSPS) is 11.5. The van der Waals surface area contributed by atoms with Gasteiger partial charge in [0.15, 0.2) is 5.84 Å². The molecular formula is C13H13N3O3. The van der Waals surface area contributed by atoms with Gasteiger partial charge in [-0.25, -0.2) is 0 Å². The fraction of sp³-hybridized carbons (Fsp3) is 0.0769. The summed E-state index contributed by atoms with van der Waals surface area (Å²) in [6.45, 7) is 0.291. The highest BCUT2D eigenvalue weighted by Crippen LogP contribution is 2.11. The van der Waals surface area contributed by atoms with Crippen LogP contribution in [0.2, 0.25) is 0 Å². The van der Waals surface area contributed by atoms with Gasteiger partial charge in [0, 0.05) is 6.20 Å². The second-order valence-corrected chi connectivity index (χ2v) is 4.01. The Morgan fingerprint density at radius 3 is 2.79 bits per heavy atom. The summed E-state index contributed by atoms with van der Waals surface area (Å²) in [5.74, 6) is -0.0894. The van der Waals surface area contributed by atoms with Gasteiger partial charge in [-0.2, -0.15) is 0 Å². The molecule has 1 aromatic heterocycles. The molecule has 2 rings (SSSR count). The number of nitrogens with zero attached hydrogens (tertiary/aromatic N) is 2. The summed E-state index contributed by atoms with van der Waals surface area (Å²) in [7, 11) is 0. The van der Waals surface area contributed by atoms with E-state index in [1.165, 1.54) is 10.6 Å². The smallest absolute Gasteiger partial charge is 0.261 e. The molecule has 0 radical (unpaired) electrons. The average Bonchev–Trinajstić information content (AvgIpc) is 2.40. The molecule has 2 aromatic rings. The van der Waals surface area contributed by atoms with Gasteiger partial charge < -0.3 is 20.6 Å². The van der Waals surface area contributed by atoms with Crippen LogP contribution in [-0.2, 0) is 6.54 Å². The second kappa shape index (κ2) is 5.26. The summed E-state index contributed by atoms with van der Waals surface area (Å²) in [4.78, 5) is 12.1. The number of aromatic nitrogens is 1. The van der Waals surface area contributed by atoms with Gasteiger partial charge in [0.25, 0.3) is 5.56 Å². The predicted octanol–water partition coefficient (Wildman–Crippen LogP) is 0.697. The van der Waals surface area contributed by atoms with Gasteiger partial charge in [0.05, 0.1) is 12.1 Å². The predicted molar refractivity (Wildman–Crippen MR) is 70.4 cm³/mol. The molecule has 0 unspecified atom stereocenters. The van der Waals surface area contributed by atoms with E-state index in [1.807, 2.05) is 0 Å². The van der Waals surface area contributed by atoms with Gasteiger partial charge in [-0.3, -0.25) is 4.79 Å². The maximum absolute atomic E-state index is 12.1. The number of hydrogen-bond acceptors (Lipinski definition) is 4. The molecule has 0 amide bonds. The van der Waals surface area contributed by atoms with Gasteiger partial charge in [-0.1, -0.05) is 17.3 Å². The van der Waals surface area contributed by atoms with Crippen LogP contribution in [0.3, 0.4) is 0 Å². The van der Waals surface area contributed by atoms with E-state index in [-0.39, 0.29) is 22.7 Å². The van der Waals surface area contributed by atoms with Crippen LogP contribution in [0, 0.1) is 0 Å². The summed E-state index contributed by atoms with van der Waals surface area (Å²) in [6, 6.07) is 9.74. The zero-order chi connectivity index (χ0) is 13.8. The summed E-state index contributed by atoms with van der Waals surface area (Å²) < 4.78 is 1.42. The van der Waals surface area contributed by atoms with Crippen molar-refractivity contribution in [2.75, 3.05) is 0 Å². The topological polar surface area (TPSA) is 101 Å². The first-order valence-corrected chi connectivity index (χ1v) is 5.57. The van der Waals surface area contributed by atoms with Gasteiger partial charge >= 0.3 is 0 Å². The fourth-order valence-corrected chi connectivity index (χ4v) is 1.76. The summed E-state index contributed by atoms with van der Waals surface area (Å²) in [6.07, 6.45) is 1.60. The molecule has 0 aliphatic carbocycles. The Balaban J connectivity index is 2.39. The fourth-order valence-electron chi connectivity index (χ4n) is 1.76. The Labute approximate surface area is 109 Å². The Bertz CT molecular complexity index is 677. The minimum Gasteiger partial charge on any atom is -0.508 e. The molecule has 0 atom stereocenters. The number of oxime groups is 1. The minimum atomic E-state index is -0.360. The van der Waals surface area contributed by atoms with E-state index in [4.69, 9.17) is 10.9 Å². The SMILES string of the molecule is N/C(=N/O)c1cccn(Cc2cccc(O)c2)c1=O. The first kappa shape index (κ1) is 12.7. The number of pyridine rings is 1. The molecule has 0 aliphatic rings. The van der Waals surface area contributed by atoms with Crippen molar-refractivity contribution in [3.63, 3.8) is 0 Å². The Hall–Kier alpha value is -2.76. The van der Waals surface area contributed by atoms with Gasteiger partial charge in [-0.05, 0) is 29.8 Å². The highest BCUT2D eigenvalue weighted by molar-refractivity contribution is 5.96. The number of aromatic hydroxyl groups is 1. The molecule has 0 saturated carbocycles. The van der Waals surface area contributed by atoms with Crippen LogP contribution in [0.5, 0.6) is 5.75 Å². The third kappa shape index (κ3) is 2.74. The third-order valence-electron chi connectivity index (χ3n) is 2.67. The van der Waals surface area contributed by atoms with Gasteiger partial charge in [0.2, 0.25) is 0 Å². The highest BCUT2D eigenvalue weighted by Gasteiger charge is 2.07. The number of amidine groups is 1. The third-order valence-corrected chi connectivity index (χ3v) is 2.67. The summed E-state index contributed by atoms with van der Waals surface area (Å²) in [5, 5.41) is 20.8. The standard InChI is InChI=1S/C13H13N3O3/c14-12(15-19)11-5-2-6-16(13(11)18)8-9-3-1-4-10(17)7-9/h1-7,17,19H,8H2,(H2,14,15). The molecule has 19 heavy (non-hydrogen) atoms. The number of phenols is 1. The average molecular weight is 259 g/mol. The maximum atomic E-state index is 12.1. The van der Waals surface area contributed by atoms with Crippen LogP contribution in [-0.4, -0.2) is 20.7 Å². The number of hydrogen-bond donors (Lipinski definition) is 3. The van der Waals surface area contributed by atoms with Gasteiger partial charge in [0.1, 0.15) is 5.75 Å². The van der Waals surface area contributed by atoms with Crippen molar-refractivity contribution >= 4 is 5.84 Å². The van der Waals surface area contributed by atoms with Crippen molar-refractivity contribution in [2.24, 2.45) is 10.9 Å². The molecule has 1 aromatic carbocycles. The van der Waals surface area contributed by atoms with Crippen molar-refractivity contribution in [3.8, 4) is 5.75 Å². The zero-order valence-electron chi connectivity index (χ0n) is 10.0. The lowest BCUT2D eigenvalue weighted by Gasteiger charge is -2.07. The van der Waals surface area contributed by atoms with Crippen LogP contribution in [0.4, 0.5) is 0 Å². The van der Waals surface area contributed by atoms with Crippen molar-refractivity contribution in [3.05, 3.63) is 64.1 Å². The number of nitrogens with two attached hydrogens (primary N) is 1. The van der Waals surface area contributed by atoms with Crippen molar-refractivity contribution in [1.29, 1.82) is 0 Å². The number of phenolic OH excluding ortho intramolecular Hbond substituents is 1. The summed E-state index contributed by atoms with van der Waals surface area (Å²) >= 11 is 0. The van der Waals surface area contributed by atoms with E-state index < -0.39 is 0 Å². The summed E-state index contributed by atoms with van der Waals surface area (Å²) in [5.41, 5.74) is 5.97. The van der Waals surface area contributed by atoms with E-state index in [0.29, 0.717) is 6.54 Å². The molecule has 6 nitrogen and oxygen atoms in total. The van der Waals surface area contributed by atoms with E-state index in [0.717, 1.165) is 5.56 Å². The minimum absolute atomic E-state index is 0.130. The monoisotopic (exact) mass is 259 g/mol. The van der Waals surface area contributed by atoms with E-state index >= 15 is 0 Å². The van der Waals surface area contributed by atoms with Crippen molar-refractivity contribution in [1.82, 2.24) is 4.57 Å². The lowest BCUT2D eigenvalue weighted by Crippen LogP contribution is -2.29. The zero-order valence-corrected chi connectivity index (χ0v) is 10.0. The Morgan fingerprint density at radius 2 is 2.11 bits per heavy atom. The van der Waals surface area contributed by atoms with Gasteiger partial charge in [-0.15, -0.1) is 0 Å². The van der Waals surface area contributed by atoms with Crippen molar-refractivity contribution < 1.29 is 10.3 Å². The molecular weight excluding hydrogens is 246 g/mol. The molecule has 4 N–H and O–H groups in total. The van der Waals surface area contributed by atoms with Crippen LogP contribution in [0.1, 0.15) is 11.1 Å². The molecule has 6 heteroatoms. The van der Waals surface area contributed by atoms with Crippen LogP contribution < -0.4 is 11.3 Å². The lowest BCUT2D eigenvalue weighted by molar-refractivity contribution is 0.318. The highest BCUT2D eigenvalue weighted by atomic mass is 16.4. The second-order valence-electron chi connectivity index (χ2n) is 4.01. The quantitative estimate of drug-likeness (QED) is 0.327. The first-order valence-electron chi connectivity index (χ1n) is 5.57. The van der Waals surface area contributed by atoms with Crippen LogP contribution >= 0.6 is 0 Å². The Kier molecular flexibility index (Phi) is 3.51. The molecule has 0 saturated heterocycles. The molecule has 98 valence electrons. The molecule has 0 bridgehead atoms.